The third kappa shape index (κ3) is 3.82. The molecule has 168 valence electrons. The lowest BCUT2D eigenvalue weighted by Crippen LogP contribution is -2.51. The van der Waals surface area contributed by atoms with E-state index in [1.165, 1.54) is 31.4 Å². The van der Waals surface area contributed by atoms with Crippen LogP contribution >= 0.6 is 0 Å². The number of hydrogen-bond acceptors (Lipinski definition) is 2. The Hall–Kier alpha value is -2.69. The molecule has 4 nitrogen and oxygen atoms in total. The van der Waals surface area contributed by atoms with Gasteiger partial charge in [0.15, 0.2) is 0 Å². The van der Waals surface area contributed by atoms with Gasteiger partial charge in [0.2, 0.25) is 5.91 Å². The van der Waals surface area contributed by atoms with Gasteiger partial charge in [-0.2, -0.15) is 5.10 Å². The van der Waals surface area contributed by atoms with Crippen molar-refractivity contribution in [2.45, 2.75) is 64.3 Å². The molecule has 1 amide bonds. The third-order valence-corrected chi connectivity index (χ3v) is 7.78. The molecule has 4 unspecified atom stereocenters. The van der Waals surface area contributed by atoms with Gasteiger partial charge in [-0.25, -0.2) is 4.39 Å². The number of rotatable bonds is 4. The van der Waals surface area contributed by atoms with Gasteiger partial charge in [0.05, 0.1) is 5.52 Å². The fraction of sp³-hybridized carbons (Fsp3) is 0.481. The first-order valence-corrected chi connectivity index (χ1v) is 12.1. The van der Waals surface area contributed by atoms with Crippen molar-refractivity contribution in [3.63, 3.8) is 0 Å². The number of benzene rings is 2. The number of likely N-dealkylation sites (tertiary alicyclic amines) is 1. The second-order valence-electron chi connectivity index (χ2n) is 9.82. The van der Waals surface area contributed by atoms with E-state index in [0.29, 0.717) is 18.4 Å². The number of aromatic amines is 1. The molecule has 2 aliphatic rings. The lowest BCUT2D eigenvalue weighted by atomic mass is 9.72. The first-order valence-electron chi connectivity index (χ1n) is 12.1. The Bertz CT molecular complexity index is 1110. The van der Waals surface area contributed by atoms with E-state index in [0.717, 1.165) is 53.0 Å². The minimum absolute atomic E-state index is 0.0236. The third-order valence-electron chi connectivity index (χ3n) is 7.78. The summed E-state index contributed by atoms with van der Waals surface area (Å²) in [5.74, 6) is 1.43. The van der Waals surface area contributed by atoms with Crippen molar-refractivity contribution >= 4 is 16.8 Å². The molecule has 1 saturated heterocycles. The molecule has 2 aromatic carbocycles. The first-order chi connectivity index (χ1) is 15.5. The Balaban J connectivity index is 1.41. The van der Waals surface area contributed by atoms with Crippen molar-refractivity contribution in [2.24, 2.45) is 11.8 Å². The largest absolute Gasteiger partial charge is 0.339 e. The highest BCUT2D eigenvalue weighted by Gasteiger charge is 2.39. The number of fused-ring (bicyclic) bond motifs is 2. The summed E-state index contributed by atoms with van der Waals surface area (Å²) in [6.07, 6.45) is 6.54. The molecular weight excluding hydrogens is 401 g/mol. The molecule has 1 saturated carbocycles. The smallest absolute Gasteiger partial charge is 0.223 e. The topological polar surface area (TPSA) is 49.0 Å². The lowest BCUT2D eigenvalue weighted by molar-refractivity contribution is -0.138. The monoisotopic (exact) mass is 433 g/mol. The fourth-order valence-electron chi connectivity index (χ4n) is 6.09. The molecule has 4 atom stereocenters. The van der Waals surface area contributed by atoms with Gasteiger partial charge >= 0.3 is 0 Å². The molecule has 0 radical (unpaired) electrons. The van der Waals surface area contributed by atoms with Gasteiger partial charge in [-0.15, -0.1) is 0 Å². The van der Waals surface area contributed by atoms with E-state index in [1.807, 2.05) is 18.2 Å². The highest BCUT2D eigenvalue weighted by molar-refractivity contribution is 5.97. The van der Waals surface area contributed by atoms with Gasteiger partial charge in [0.25, 0.3) is 0 Å². The molecule has 0 bridgehead atoms. The van der Waals surface area contributed by atoms with Crippen molar-refractivity contribution in [1.29, 1.82) is 0 Å². The van der Waals surface area contributed by atoms with Crippen LogP contribution in [0.1, 0.15) is 64.0 Å². The summed E-state index contributed by atoms with van der Waals surface area (Å²) in [6, 6.07) is 13.0. The second-order valence-corrected chi connectivity index (χ2v) is 9.82. The summed E-state index contributed by atoms with van der Waals surface area (Å²) >= 11 is 0. The molecule has 5 rings (SSSR count). The van der Waals surface area contributed by atoms with Gasteiger partial charge in [-0.1, -0.05) is 51.0 Å². The van der Waals surface area contributed by atoms with Crippen LogP contribution in [0.15, 0.2) is 42.5 Å². The number of H-pyrrole nitrogens is 1. The molecule has 1 N–H and O–H groups in total. The van der Waals surface area contributed by atoms with Gasteiger partial charge in [-0.3, -0.25) is 9.89 Å². The molecule has 32 heavy (non-hydrogen) atoms. The number of hydrogen-bond donors (Lipinski definition) is 1. The van der Waals surface area contributed by atoms with Crippen LogP contribution in [0.2, 0.25) is 0 Å². The van der Waals surface area contributed by atoms with Crippen LogP contribution in [0.25, 0.3) is 22.0 Å². The summed E-state index contributed by atoms with van der Waals surface area (Å²) in [6.45, 7) is 5.36. The molecule has 2 fully saturated rings. The number of carbonyl (C=O) groups is 1. The maximum Gasteiger partial charge on any atom is 0.223 e. The van der Waals surface area contributed by atoms with Crippen molar-refractivity contribution in [3.05, 3.63) is 54.0 Å². The minimum atomic E-state index is -0.246. The molecule has 1 aromatic heterocycles. The van der Waals surface area contributed by atoms with Gasteiger partial charge in [0, 0.05) is 36.0 Å². The van der Waals surface area contributed by atoms with E-state index >= 15 is 0 Å². The number of aromatic nitrogens is 2. The number of halogens is 1. The van der Waals surface area contributed by atoms with Crippen LogP contribution in [0, 0.1) is 17.7 Å². The Morgan fingerprint density at radius 3 is 2.78 bits per heavy atom. The molecule has 3 aromatic rings. The molecule has 1 aliphatic carbocycles. The predicted octanol–water partition coefficient (Wildman–Crippen LogP) is 6.29. The predicted molar refractivity (Wildman–Crippen MR) is 126 cm³/mol. The summed E-state index contributed by atoms with van der Waals surface area (Å²) < 4.78 is 13.5. The van der Waals surface area contributed by atoms with Crippen molar-refractivity contribution in [1.82, 2.24) is 15.1 Å². The molecular formula is C27H32FN3O. The molecule has 0 spiro atoms. The number of nitrogens with one attached hydrogen (secondary N) is 1. The highest BCUT2D eigenvalue weighted by Crippen LogP contribution is 2.40. The Morgan fingerprint density at radius 1 is 1.16 bits per heavy atom. The average Bonchev–Trinajstić information content (AvgIpc) is 3.24. The SMILES string of the molecule is CC(CC(=O)N1CCCC2C(C)CCCC21)c1[nH]nc2cccc(-c3ccc(F)cc3)c12. The number of piperidine rings is 1. The standard InChI is InChI=1S/C27H32FN3O/c1-17-6-3-10-24-21(17)8-5-15-31(24)25(32)16-18(2)27-26-22(7-4-9-23(26)29-30-27)19-11-13-20(28)14-12-19/h4,7,9,11-14,17-18,21,24H,3,5-6,8,10,15-16H2,1-2H3,(H,29,30). The van der Waals surface area contributed by atoms with Crippen LogP contribution in [-0.4, -0.2) is 33.6 Å². The Labute approximate surface area is 189 Å². The van der Waals surface area contributed by atoms with Crippen molar-refractivity contribution < 1.29 is 9.18 Å². The maximum absolute atomic E-state index is 13.5. The van der Waals surface area contributed by atoms with Crippen LogP contribution in [0.5, 0.6) is 0 Å². The summed E-state index contributed by atoms with van der Waals surface area (Å²) in [4.78, 5) is 15.6. The van der Waals surface area contributed by atoms with E-state index in [1.54, 1.807) is 12.1 Å². The zero-order chi connectivity index (χ0) is 22.2. The highest BCUT2D eigenvalue weighted by atomic mass is 19.1. The van der Waals surface area contributed by atoms with Gasteiger partial charge in [-0.05, 0) is 60.4 Å². The van der Waals surface area contributed by atoms with Crippen LogP contribution in [-0.2, 0) is 4.79 Å². The summed E-state index contributed by atoms with van der Waals surface area (Å²) in [7, 11) is 0. The molecule has 1 aliphatic heterocycles. The Kier molecular flexibility index (Phi) is 5.75. The summed E-state index contributed by atoms with van der Waals surface area (Å²) in [5, 5.41) is 8.76. The average molecular weight is 434 g/mol. The van der Waals surface area contributed by atoms with Crippen LogP contribution < -0.4 is 0 Å². The quantitative estimate of drug-likeness (QED) is 0.526. The minimum Gasteiger partial charge on any atom is -0.339 e. The van der Waals surface area contributed by atoms with E-state index in [2.05, 4.69) is 28.9 Å². The second kappa shape index (κ2) is 8.68. The van der Waals surface area contributed by atoms with Crippen molar-refractivity contribution in [3.8, 4) is 11.1 Å². The van der Waals surface area contributed by atoms with E-state index in [9.17, 15) is 9.18 Å². The van der Waals surface area contributed by atoms with Gasteiger partial charge in [0.1, 0.15) is 5.82 Å². The normalized spacial score (nSPS) is 24.3. The first kappa shape index (κ1) is 21.2. The maximum atomic E-state index is 13.5. The molecule has 5 heteroatoms. The van der Waals surface area contributed by atoms with E-state index in [4.69, 9.17) is 0 Å². The van der Waals surface area contributed by atoms with Crippen LogP contribution in [0.4, 0.5) is 4.39 Å². The van der Waals surface area contributed by atoms with E-state index < -0.39 is 0 Å². The number of amides is 1. The Morgan fingerprint density at radius 2 is 1.97 bits per heavy atom. The van der Waals surface area contributed by atoms with Gasteiger partial charge < -0.3 is 4.90 Å². The zero-order valence-electron chi connectivity index (χ0n) is 19.0. The molecule has 2 heterocycles. The summed E-state index contributed by atoms with van der Waals surface area (Å²) in [5.41, 5.74) is 3.83. The fourth-order valence-corrected chi connectivity index (χ4v) is 6.09. The number of carbonyl (C=O) groups excluding carboxylic acids is 1. The lowest BCUT2D eigenvalue weighted by Gasteiger charge is -2.47. The van der Waals surface area contributed by atoms with E-state index in [-0.39, 0.29) is 17.6 Å². The zero-order valence-corrected chi connectivity index (χ0v) is 19.0. The number of nitrogens with zero attached hydrogens (tertiary/aromatic N) is 2. The van der Waals surface area contributed by atoms with Crippen LogP contribution in [0.3, 0.4) is 0 Å². The van der Waals surface area contributed by atoms with Crippen molar-refractivity contribution in [2.75, 3.05) is 6.54 Å².